The number of alkyl halides is 1. The zero-order valence-corrected chi connectivity index (χ0v) is 16.4. The Morgan fingerprint density at radius 2 is 1.62 bits per heavy atom. The first-order chi connectivity index (χ1) is 12.4. The van der Waals surface area contributed by atoms with Gasteiger partial charge in [-0.25, -0.2) is 14.4 Å². The van der Waals surface area contributed by atoms with Gasteiger partial charge in [-0.15, -0.1) is 11.6 Å². The second kappa shape index (κ2) is 7.97. The van der Waals surface area contributed by atoms with Gasteiger partial charge in [0.15, 0.2) is 0 Å². The smallest absolute Gasteiger partial charge is 0.448 e. The Hall–Kier alpha value is -1.59. The monoisotopic (exact) mass is 435 g/mol. The predicted molar refractivity (Wildman–Crippen MR) is 99.8 cm³/mol. The number of rotatable bonds is 3. The summed E-state index contributed by atoms with van der Waals surface area (Å²) in [6.45, 7) is -0.0498. The average molecular weight is 437 g/mol. The number of halogens is 3. The summed E-state index contributed by atoms with van der Waals surface area (Å²) in [5.74, 6) is 0.629. The van der Waals surface area contributed by atoms with E-state index in [2.05, 4.69) is 5.09 Å². The number of nitrogens with one attached hydrogen (secondary N) is 1. The zero-order chi connectivity index (χ0) is 18.7. The van der Waals surface area contributed by atoms with Crippen molar-refractivity contribution in [3.63, 3.8) is 0 Å². The Morgan fingerprint density at radius 1 is 1.08 bits per heavy atom. The van der Waals surface area contributed by atoms with Crippen LogP contribution >= 0.6 is 42.5 Å². The lowest BCUT2D eigenvalue weighted by molar-refractivity contribution is 0.157. The summed E-state index contributed by atoms with van der Waals surface area (Å²) >= 11 is 17.6. The molecule has 1 heterocycles. The van der Waals surface area contributed by atoms with Gasteiger partial charge in [0.05, 0.1) is 5.88 Å². The van der Waals surface area contributed by atoms with Crippen LogP contribution in [0.25, 0.3) is 0 Å². The second-order valence-electron chi connectivity index (χ2n) is 5.30. The maximum Gasteiger partial charge on any atom is 0.546 e. The molecule has 0 radical (unpaired) electrons. The minimum Gasteiger partial charge on any atom is -0.448 e. The minimum absolute atomic E-state index is 0.0498. The molecule has 0 aliphatic carbocycles. The van der Waals surface area contributed by atoms with E-state index in [1.165, 1.54) is 0 Å². The summed E-state index contributed by atoms with van der Waals surface area (Å²) in [6.07, 6.45) is -0.580. The number of hydrogen-bond acceptors (Lipinski definition) is 5. The fourth-order valence-corrected chi connectivity index (χ4v) is 4.11. The minimum atomic E-state index is -4.13. The molecule has 1 amide bonds. The van der Waals surface area contributed by atoms with Gasteiger partial charge < -0.3 is 13.8 Å². The van der Waals surface area contributed by atoms with Crippen LogP contribution in [0.5, 0.6) is 11.5 Å². The quantitative estimate of drug-likeness (QED) is 0.513. The van der Waals surface area contributed by atoms with E-state index in [1.54, 1.807) is 36.4 Å². The van der Waals surface area contributed by atoms with Crippen molar-refractivity contribution in [2.75, 3.05) is 12.5 Å². The van der Waals surface area contributed by atoms with Crippen molar-refractivity contribution < 1.29 is 23.1 Å². The zero-order valence-electron chi connectivity index (χ0n) is 13.2. The fraction of sp³-hybridized carbons (Fsp3) is 0.188. The van der Waals surface area contributed by atoms with Crippen LogP contribution in [-0.4, -0.2) is 18.6 Å². The maximum atomic E-state index is 13.1. The van der Waals surface area contributed by atoms with Crippen LogP contribution in [0.2, 0.25) is 10.0 Å². The normalized spacial score (nSPS) is 14.6. The van der Waals surface area contributed by atoms with Crippen molar-refractivity contribution in [1.82, 2.24) is 5.09 Å². The third-order valence-electron chi connectivity index (χ3n) is 3.40. The van der Waals surface area contributed by atoms with Crippen molar-refractivity contribution in [1.29, 1.82) is 0 Å². The third-order valence-corrected chi connectivity index (χ3v) is 5.36. The summed E-state index contributed by atoms with van der Waals surface area (Å²) in [7, 11) is -4.13. The van der Waals surface area contributed by atoms with Crippen molar-refractivity contribution in [2.24, 2.45) is 0 Å². The molecule has 138 valence electrons. The molecular formula is C16H13Cl3NO5P. The summed E-state index contributed by atoms with van der Waals surface area (Å²) < 4.78 is 28.9. The Bertz CT molecular complexity index is 835. The molecule has 1 aliphatic rings. The lowest BCUT2D eigenvalue weighted by Gasteiger charge is -2.25. The van der Waals surface area contributed by atoms with Gasteiger partial charge in [-0.3, -0.25) is 0 Å². The van der Waals surface area contributed by atoms with E-state index < -0.39 is 13.8 Å². The molecule has 1 N–H and O–H groups in total. The highest BCUT2D eigenvalue weighted by Gasteiger charge is 2.35. The maximum absolute atomic E-state index is 13.1. The van der Waals surface area contributed by atoms with E-state index in [-0.39, 0.29) is 24.0 Å². The van der Waals surface area contributed by atoms with Gasteiger partial charge in [-0.05, 0) is 36.4 Å². The van der Waals surface area contributed by atoms with Crippen LogP contribution in [0.3, 0.4) is 0 Å². The van der Waals surface area contributed by atoms with Crippen LogP contribution in [-0.2, 0) is 15.7 Å². The largest absolute Gasteiger partial charge is 0.546 e. The van der Waals surface area contributed by atoms with Crippen LogP contribution in [0.15, 0.2) is 36.4 Å². The summed E-state index contributed by atoms with van der Waals surface area (Å²) in [6, 6.07) is 9.63. The highest BCUT2D eigenvalue weighted by atomic mass is 35.5. The van der Waals surface area contributed by atoms with Gasteiger partial charge in [0, 0.05) is 27.6 Å². The van der Waals surface area contributed by atoms with Crippen LogP contribution in [0, 0.1) is 0 Å². The van der Waals surface area contributed by atoms with E-state index in [1.807, 2.05) is 0 Å². The summed E-state index contributed by atoms with van der Waals surface area (Å²) in [5, 5.41) is 3.11. The SMILES string of the molecule is O=C(NP1(=O)Oc2ccc(Cl)cc2Cc2cc(Cl)ccc2O1)OCCCl. The molecule has 0 unspecified atom stereocenters. The number of ether oxygens (including phenoxy) is 1. The summed E-state index contributed by atoms with van der Waals surface area (Å²) in [4.78, 5) is 11.8. The van der Waals surface area contributed by atoms with Crippen LogP contribution in [0.1, 0.15) is 11.1 Å². The van der Waals surface area contributed by atoms with Gasteiger partial charge in [0.2, 0.25) is 0 Å². The molecule has 0 saturated heterocycles. The number of hydrogen-bond donors (Lipinski definition) is 1. The molecule has 0 spiro atoms. The third kappa shape index (κ3) is 4.57. The molecule has 6 nitrogen and oxygen atoms in total. The molecule has 3 rings (SSSR count). The molecule has 0 fully saturated rings. The topological polar surface area (TPSA) is 73.9 Å². The molecule has 2 aromatic rings. The van der Waals surface area contributed by atoms with E-state index in [0.717, 1.165) is 0 Å². The molecule has 26 heavy (non-hydrogen) atoms. The van der Waals surface area contributed by atoms with Crippen molar-refractivity contribution in [3.05, 3.63) is 57.6 Å². The molecule has 0 atom stereocenters. The van der Waals surface area contributed by atoms with Crippen molar-refractivity contribution >= 4 is 48.6 Å². The molecule has 1 aliphatic heterocycles. The number of fused-ring (bicyclic) bond motifs is 2. The number of carbonyl (C=O) groups is 1. The molecule has 0 bridgehead atoms. The van der Waals surface area contributed by atoms with Gasteiger partial charge in [0.1, 0.15) is 18.1 Å². The number of amides is 1. The first-order valence-electron chi connectivity index (χ1n) is 7.45. The van der Waals surface area contributed by atoms with Crippen LogP contribution < -0.4 is 14.1 Å². The molecule has 2 aromatic carbocycles. The predicted octanol–water partition coefficient (Wildman–Crippen LogP) is 5.43. The molecule has 10 heteroatoms. The molecule has 0 aromatic heterocycles. The van der Waals surface area contributed by atoms with Crippen molar-refractivity contribution in [2.45, 2.75) is 6.42 Å². The Kier molecular flexibility index (Phi) is 5.88. The average Bonchev–Trinajstić information content (AvgIpc) is 2.57. The molecule has 0 saturated carbocycles. The highest BCUT2D eigenvalue weighted by molar-refractivity contribution is 7.53. The highest BCUT2D eigenvalue weighted by Crippen LogP contribution is 2.49. The number of carbonyl (C=O) groups excluding carboxylic acids is 1. The second-order valence-corrected chi connectivity index (χ2v) is 8.13. The van der Waals surface area contributed by atoms with Gasteiger partial charge in [0.25, 0.3) is 0 Å². The van der Waals surface area contributed by atoms with E-state index in [9.17, 15) is 9.36 Å². The lowest BCUT2D eigenvalue weighted by atomic mass is 10.0. The Morgan fingerprint density at radius 3 is 2.12 bits per heavy atom. The van der Waals surface area contributed by atoms with Gasteiger partial charge in [-0.1, -0.05) is 23.2 Å². The first kappa shape index (κ1) is 19.2. The first-order valence-corrected chi connectivity index (χ1v) is 10.3. The van der Waals surface area contributed by atoms with Crippen LogP contribution in [0.4, 0.5) is 4.79 Å². The Labute approximate surface area is 164 Å². The fourth-order valence-electron chi connectivity index (χ4n) is 2.35. The van der Waals surface area contributed by atoms with Crippen molar-refractivity contribution in [3.8, 4) is 11.5 Å². The van der Waals surface area contributed by atoms with Gasteiger partial charge in [-0.2, -0.15) is 0 Å². The van der Waals surface area contributed by atoms with Gasteiger partial charge >= 0.3 is 13.8 Å². The van der Waals surface area contributed by atoms with E-state index in [4.69, 9.17) is 48.6 Å². The molecular weight excluding hydrogens is 424 g/mol. The lowest BCUT2D eigenvalue weighted by Crippen LogP contribution is -2.27. The Balaban J connectivity index is 2.01. The summed E-state index contributed by atoms with van der Waals surface area (Å²) in [5.41, 5.74) is 1.33. The van der Waals surface area contributed by atoms with E-state index >= 15 is 0 Å². The standard InChI is InChI=1S/C16H13Cl3NO5P/c17-5-6-23-16(21)20-26(22)24-14-3-1-12(18)8-10(14)7-11-9-13(19)2-4-15(11)25-26/h1-4,8-9H,5-7H2,(H,20,21,22). The van der Waals surface area contributed by atoms with E-state index in [0.29, 0.717) is 27.6 Å². The number of benzene rings is 2.